The van der Waals surface area contributed by atoms with Gasteiger partial charge in [-0.1, -0.05) is 61.9 Å². The Morgan fingerprint density at radius 2 is 1.69 bits per heavy atom. The molecule has 1 unspecified atom stereocenters. The van der Waals surface area contributed by atoms with E-state index in [1.807, 2.05) is 45.0 Å². The summed E-state index contributed by atoms with van der Waals surface area (Å²) in [5.41, 5.74) is 2.69. The van der Waals surface area contributed by atoms with Gasteiger partial charge in [-0.05, 0) is 42.9 Å². The van der Waals surface area contributed by atoms with E-state index in [2.05, 4.69) is 16.0 Å². The molecule has 0 fully saturated rings. The second-order valence-corrected chi connectivity index (χ2v) is 7.63. The first-order valence-electron chi connectivity index (χ1n) is 9.96. The number of nitrogens with one attached hydrogen (secondary N) is 3. The molecule has 2 rings (SSSR count). The van der Waals surface area contributed by atoms with Crippen molar-refractivity contribution in [2.45, 2.75) is 46.2 Å². The summed E-state index contributed by atoms with van der Waals surface area (Å²) >= 11 is 0. The Morgan fingerprint density at radius 1 is 1.00 bits per heavy atom. The largest absolute Gasteiger partial charge is 0.354 e. The number of hydrogen-bond donors (Lipinski definition) is 3. The van der Waals surface area contributed by atoms with Crippen molar-refractivity contribution in [3.05, 3.63) is 71.0 Å². The fourth-order valence-corrected chi connectivity index (χ4v) is 2.95. The standard InChI is InChI=1S/C23H30FN3O2/c1-16(2)14-21(22(28)25-13-12-19-6-4-5-7-20(19)24)27-23(29)26-15-18-10-8-17(3)9-11-18/h4-11,16,21H,12-15H2,1-3H3,(H,25,28)(H2,26,27,29). The quantitative estimate of drug-likeness (QED) is 0.602. The molecule has 0 bridgehead atoms. The van der Waals surface area contributed by atoms with Gasteiger partial charge in [-0.3, -0.25) is 4.79 Å². The SMILES string of the molecule is Cc1ccc(CNC(=O)NC(CC(C)C)C(=O)NCCc2ccccc2F)cc1. The van der Waals surface area contributed by atoms with E-state index in [0.29, 0.717) is 31.5 Å². The number of urea groups is 1. The molecule has 2 aromatic carbocycles. The third-order valence-corrected chi connectivity index (χ3v) is 4.55. The van der Waals surface area contributed by atoms with E-state index in [0.717, 1.165) is 11.1 Å². The van der Waals surface area contributed by atoms with E-state index in [-0.39, 0.29) is 23.7 Å². The van der Waals surface area contributed by atoms with Crippen LogP contribution in [0.1, 0.15) is 37.0 Å². The van der Waals surface area contributed by atoms with Crippen LogP contribution in [0.2, 0.25) is 0 Å². The molecule has 5 nitrogen and oxygen atoms in total. The van der Waals surface area contributed by atoms with Crippen LogP contribution in [0.4, 0.5) is 9.18 Å². The maximum atomic E-state index is 13.7. The molecule has 2 aromatic rings. The van der Waals surface area contributed by atoms with Crippen molar-refractivity contribution in [1.29, 1.82) is 0 Å². The van der Waals surface area contributed by atoms with Crippen molar-refractivity contribution in [2.24, 2.45) is 5.92 Å². The summed E-state index contributed by atoms with van der Waals surface area (Å²) in [5, 5.41) is 8.34. The van der Waals surface area contributed by atoms with Crippen LogP contribution >= 0.6 is 0 Å². The third-order valence-electron chi connectivity index (χ3n) is 4.55. The number of rotatable bonds is 9. The first-order valence-corrected chi connectivity index (χ1v) is 9.96. The van der Waals surface area contributed by atoms with Crippen LogP contribution in [0.15, 0.2) is 48.5 Å². The zero-order chi connectivity index (χ0) is 21.2. The highest BCUT2D eigenvalue weighted by molar-refractivity contribution is 5.87. The number of carbonyl (C=O) groups is 2. The number of carbonyl (C=O) groups excluding carboxylic acids is 2. The number of amides is 3. The highest BCUT2D eigenvalue weighted by Gasteiger charge is 2.21. The minimum absolute atomic E-state index is 0.231. The van der Waals surface area contributed by atoms with E-state index in [4.69, 9.17) is 0 Å². The molecule has 0 saturated carbocycles. The molecule has 0 heterocycles. The van der Waals surface area contributed by atoms with Gasteiger partial charge in [0.1, 0.15) is 11.9 Å². The lowest BCUT2D eigenvalue weighted by Gasteiger charge is -2.20. The maximum absolute atomic E-state index is 13.7. The molecular formula is C23H30FN3O2. The summed E-state index contributed by atoms with van der Waals surface area (Å²) in [6, 6.07) is 13.3. The minimum Gasteiger partial charge on any atom is -0.354 e. The molecule has 6 heteroatoms. The van der Waals surface area contributed by atoms with Gasteiger partial charge in [0.25, 0.3) is 0 Å². The lowest BCUT2D eigenvalue weighted by Crippen LogP contribution is -2.50. The van der Waals surface area contributed by atoms with Crippen LogP contribution in [-0.4, -0.2) is 24.5 Å². The van der Waals surface area contributed by atoms with E-state index in [9.17, 15) is 14.0 Å². The molecule has 0 aliphatic carbocycles. The van der Waals surface area contributed by atoms with Crippen molar-refractivity contribution in [2.75, 3.05) is 6.54 Å². The lowest BCUT2D eigenvalue weighted by molar-refractivity contribution is -0.123. The summed E-state index contributed by atoms with van der Waals surface area (Å²) < 4.78 is 13.7. The fourth-order valence-electron chi connectivity index (χ4n) is 2.95. The normalized spacial score (nSPS) is 11.8. The lowest BCUT2D eigenvalue weighted by atomic mass is 10.0. The average molecular weight is 400 g/mol. The molecule has 3 amide bonds. The van der Waals surface area contributed by atoms with Gasteiger partial charge in [-0.15, -0.1) is 0 Å². The van der Waals surface area contributed by atoms with Crippen LogP contribution in [0.25, 0.3) is 0 Å². The summed E-state index contributed by atoms with van der Waals surface area (Å²) in [4.78, 5) is 24.8. The predicted molar refractivity (Wildman–Crippen MR) is 113 cm³/mol. The van der Waals surface area contributed by atoms with Crippen LogP contribution < -0.4 is 16.0 Å². The average Bonchev–Trinajstić information content (AvgIpc) is 2.68. The smallest absolute Gasteiger partial charge is 0.315 e. The predicted octanol–water partition coefficient (Wildman–Crippen LogP) is 3.71. The summed E-state index contributed by atoms with van der Waals surface area (Å²) in [6.45, 7) is 6.68. The van der Waals surface area contributed by atoms with Gasteiger partial charge in [-0.25, -0.2) is 9.18 Å². The molecule has 0 saturated heterocycles. The highest BCUT2D eigenvalue weighted by Crippen LogP contribution is 2.08. The molecular weight excluding hydrogens is 369 g/mol. The van der Waals surface area contributed by atoms with Crippen LogP contribution in [0.3, 0.4) is 0 Å². The van der Waals surface area contributed by atoms with Crippen LogP contribution in [-0.2, 0) is 17.8 Å². The molecule has 0 spiro atoms. The van der Waals surface area contributed by atoms with Crippen LogP contribution in [0.5, 0.6) is 0 Å². The molecule has 156 valence electrons. The number of hydrogen-bond acceptors (Lipinski definition) is 2. The first kappa shape index (κ1) is 22.4. The van der Waals surface area contributed by atoms with E-state index < -0.39 is 6.04 Å². The van der Waals surface area contributed by atoms with Crippen molar-refractivity contribution in [3.8, 4) is 0 Å². The second kappa shape index (κ2) is 11.2. The highest BCUT2D eigenvalue weighted by atomic mass is 19.1. The topological polar surface area (TPSA) is 70.2 Å². The number of aryl methyl sites for hydroxylation is 1. The van der Waals surface area contributed by atoms with E-state index in [1.165, 1.54) is 6.07 Å². The van der Waals surface area contributed by atoms with E-state index in [1.54, 1.807) is 18.2 Å². The monoisotopic (exact) mass is 399 g/mol. The molecule has 0 aromatic heterocycles. The minimum atomic E-state index is -0.645. The third kappa shape index (κ3) is 7.94. The number of benzene rings is 2. The van der Waals surface area contributed by atoms with Crippen molar-refractivity contribution in [3.63, 3.8) is 0 Å². The van der Waals surface area contributed by atoms with Gasteiger partial charge in [0.2, 0.25) is 5.91 Å². The Morgan fingerprint density at radius 3 is 2.34 bits per heavy atom. The summed E-state index contributed by atoms with van der Waals surface area (Å²) in [7, 11) is 0. The van der Waals surface area contributed by atoms with Gasteiger partial charge in [0.05, 0.1) is 0 Å². The molecule has 3 N–H and O–H groups in total. The van der Waals surface area contributed by atoms with Gasteiger partial charge in [-0.2, -0.15) is 0 Å². The summed E-state index contributed by atoms with van der Waals surface area (Å²) in [6.07, 6.45) is 0.913. The van der Waals surface area contributed by atoms with Crippen LogP contribution in [0, 0.1) is 18.7 Å². The molecule has 0 aliphatic rings. The molecule has 1 atom stereocenters. The van der Waals surface area contributed by atoms with Gasteiger partial charge in [0, 0.05) is 13.1 Å². The van der Waals surface area contributed by atoms with E-state index >= 15 is 0 Å². The Labute approximate surface area is 172 Å². The van der Waals surface area contributed by atoms with Crippen molar-refractivity contribution in [1.82, 2.24) is 16.0 Å². The second-order valence-electron chi connectivity index (χ2n) is 7.63. The Kier molecular flexibility index (Phi) is 8.65. The molecule has 0 radical (unpaired) electrons. The van der Waals surface area contributed by atoms with Gasteiger partial charge >= 0.3 is 6.03 Å². The molecule has 29 heavy (non-hydrogen) atoms. The zero-order valence-corrected chi connectivity index (χ0v) is 17.3. The summed E-state index contributed by atoms with van der Waals surface area (Å²) in [5.74, 6) is -0.315. The van der Waals surface area contributed by atoms with Crippen molar-refractivity contribution < 1.29 is 14.0 Å². The maximum Gasteiger partial charge on any atom is 0.315 e. The molecule has 0 aliphatic heterocycles. The number of halogens is 1. The van der Waals surface area contributed by atoms with Gasteiger partial charge < -0.3 is 16.0 Å². The Hall–Kier alpha value is -2.89. The van der Waals surface area contributed by atoms with Gasteiger partial charge in [0.15, 0.2) is 0 Å². The fraction of sp³-hybridized carbons (Fsp3) is 0.391. The Balaban J connectivity index is 1.84. The Bertz CT molecular complexity index is 806. The zero-order valence-electron chi connectivity index (χ0n) is 17.3. The first-order chi connectivity index (χ1) is 13.8. The van der Waals surface area contributed by atoms with Crippen molar-refractivity contribution >= 4 is 11.9 Å².